The molecule has 0 aliphatic carbocycles. The van der Waals surface area contributed by atoms with Crippen molar-refractivity contribution in [3.63, 3.8) is 0 Å². The van der Waals surface area contributed by atoms with E-state index in [1.165, 1.54) is 11.1 Å². The second-order valence-electron chi connectivity index (χ2n) is 7.08. The topological polar surface area (TPSA) is 105 Å². The lowest BCUT2D eigenvalue weighted by molar-refractivity contribution is -0.145. The van der Waals surface area contributed by atoms with Gasteiger partial charge in [-0.15, -0.1) is 0 Å². The maximum Gasteiger partial charge on any atom is 0.417 e. The van der Waals surface area contributed by atoms with Gasteiger partial charge in [-0.1, -0.05) is 23.2 Å². The van der Waals surface area contributed by atoms with Crippen molar-refractivity contribution in [3.05, 3.63) is 52.0 Å². The molecule has 0 radical (unpaired) electrons. The molecule has 1 fully saturated rings. The molecule has 33 heavy (non-hydrogen) atoms. The molecule has 3 rings (SSSR count). The molecule has 2 aromatic carbocycles. The Morgan fingerprint density at radius 3 is 2.58 bits per heavy atom. The average molecular weight is 549 g/mol. The molecule has 0 saturated carbocycles. The van der Waals surface area contributed by atoms with E-state index in [-0.39, 0.29) is 30.8 Å². The third kappa shape index (κ3) is 6.40. The van der Waals surface area contributed by atoms with Crippen LogP contribution in [0.5, 0.6) is 0 Å². The molecule has 1 aliphatic rings. The highest BCUT2D eigenvalue weighted by Crippen LogP contribution is 2.45. The third-order valence-electron chi connectivity index (χ3n) is 4.49. The maximum atomic E-state index is 13.2. The molecule has 2 aromatic rings. The van der Waals surface area contributed by atoms with E-state index in [1.807, 2.05) is 4.72 Å². The zero-order valence-corrected chi connectivity index (χ0v) is 20.1. The van der Waals surface area contributed by atoms with Gasteiger partial charge in [-0.25, -0.2) is 13.0 Å². The SMILES string of the molecule is CC1CN(OP(=O)(O)c2ccc(Cl)cc2NS(=O)(=O)c2ccc(Cl)c(C(F)(F)F)c2)CCO1. The lowest BCUT2D eigenvalue weighted by atomic mass is 10.2. The zero-order chi connectivity index (χ0) is 24.6. The first kappa shape index (κ1) is 26.2. The second-order valence-corrected chi connectivity index (χ2v) is 11.3. The number of halogens is 5. The number of alkyl halides is 3. The van der Waals surface area contributed by atoms with E-state index in [0.717, 1.165) is 24.3 Å². The summed E-state index contributed by atoms with van der Waals surface area (Å²) < 4.78 is 90.6. The van der Waals surface area contributed by atoms with Gasteiger partial charge in [-0.2, -0.15) is 18.2 Å². The van der Waals surface area contributed by atoms with Crippen LogP contribution in [-0.2, 0) is 30.1 Å². The van der Waals surface area contributed by atoms with E-state index in [2.05, 4.69) is 0 Å². The number of nitrogens with one attached hydrogen (secondary N) is 1. The molecule has 1 saturated heterocycles. The minimum absolute atomic E-state index is 0.00327. The van der Waals surface area contributed by atoms with Crippen LogP contribution in [0.4, 0.5) is 18.9 Å². The molecule has 15 heteroatoms. The molecule has 182 valence electrons. The number of anilines is 1. The Morgan fingerprint density at radius 2 is 1.94 bits per heavy atom. The molecule has 2 atom stereocenters. The van der Waals surface area contributed by atoms with Crippen molar-refractivity contribution >= 4 is 51.8 Å². The van der Waals surface area contributed by atoms with Gasteiger partial charge in [0.1, 0.15) is 0 Å². The molecular weight excluding hydrogens is 531 g/mol. The molecule has 2 N–H and O–H groups in total. The highest BCUT2D eigenvalue weighted by atomic mass is 35.5. The molecule has 0 amide bonds. The molecule has 0 spiro atoms. The van der Waals surface area contributed by atoms with E-state index < -0.39 is 50.3 Å². The lowest BCUT2D eigenvalue weighted by Crippen LogP contribution is -2.41. The Hall–Kier alpha value is -1.37. The van der Waals surface area contributed by atoms with E-state index in [0.29, 0.717) is 6.07 Å². The van der Waals surface area contributed by atoms with Gasteiger partial charge in [0.25, 0.3) is 10.0 Å². The first-order valence-electron chi connectivity index (χ1n) is 9.28. The number of nitrogens with zero attached hydrogens (tertiary/aromatic N) is 1. The number of hydroxylamine groups is 2. The minimum Gasteiger partial charge on any atom is -0.376 e. The lowest BCUT2D eigenvalue weighted by Gasteiger charge is -2.31. The second kappa shape index (κ2) is 9.71. The summed E-state index contributed by atoms with van der Waals surface area (Å²) in [4.78, 5) is 9.79. The van der Waals surface area contributed by atoms with E-state index in [9.17, 15) is 31.0 Å². The summed E-state index contributed by atoms with van der Waals surface area (Å²) in [6.07, 6.45) is -5.16. The zero-order valence-electron chi connectivity index (χ0n) is 16.8. The van der Waals surface area contributed by atoms with Crippen molar-refractivity contribution in [1.82, 2.24) is 5.06 Å². The summed E-state index contributed by atoms with van der Waals surface area (Å²) in [6.45, 7) is 2.36. The molecule has 0 bridgehead atoms. The van der Waals surface area contributed by atoms with Crippen LogP contribution in [0.25, 0.3) is 0 Å². The van der Waals surface area contributed by atoms with Crippen molar-refractivity contribution < 1.29 is 40.4 Å². The molecule has 1 aliphatic heterocycles. The Morgan fingerprint density at radius 1 is 1.24 bits per heavy atom. The Bertz CT molecular complexity index is 1200. The normalized spacial score (nSPS) is 19.8. The van der Waals surface area contributed by atoms with Crippen molar-refractivity contribution in [2.75, 3.05) is 24.4 Å². The highest BCUT2D eigenvalue weighted by Gasteiger charge is 2.36. The molecule has 0 aromatic heterocycles. The summed E-state index contributed by atoms with van der Waals surface area (Å²) in [5, 5.41) is 0.0949. The van der Waals surface area contributed by atoms with Gasteiger partial charge in [0.15, 0.2) is 0 Å². The predicted molar refractivity (Wildman–Crippen MR) is 116 cm³/mol. The van der Waals surface area contributed by atoms with Crippen molar-refractivity contribution in [1.29, 1.82) is 0 Å². The van der Waals surface area contributed by atoms with Gasteiger partial charge in [0.05, 0.1) is 45.7 Å². The fraction of sp³-hybridized carbons (Fsp3) is 0.333. The van der Waals surface area contributed by atoms with E-state index in [4.69, 9.17) is 32.6 Å². The number of hydrogen-bond donors (Lipinski definition) is 2. The van der Waals surface area contributed by atoms with Crippen molar-refractivity contribution in [2.45, 2.75) is 24.1 Å². The minimum atomic E-state index is -4.90. The van der Waals surface area contributed by atoms with Gasteiger partial charge in [-0.05, 0) is 43.3 Å². The van der Waals surface area contributed by atoms with Crippen LogP contribution in [0.2, 0.25) is 10.0 Å². The summed E-state index contributed by atoms with van der Waals surface area (Å²) in [5.41, 5.74) is -1.78. The summed E-state index contributed by atoms with van der Waals surface area (Å²) in [6, 6.07) is 5.40. The predicted octanol–water partition coefficient (Wildman–Crippen LogP) is 4.28. The van der Waals surface area contributed by atoms with Crippen LogP contribution >= 0.6 is 30.8 Å². The van der Waals surface area contributed by atoms with Gasteiger partial charge in [0, 0.05) is 11.6 Å². The van der Waals surface area contributed by atoms with Gasteiger partial charge in [-0.3, -0.25) is 9.29 Å². The molecule has 2 unspecified atom stereocenters. The highest BCUT2D eigenvalue weighted by molar-refractivity contribution is 7.92. The summed E-state index contributed by atoms with van der Waals surface area (Å²) in [7, 11) is -9.28. The van der Waals surface area contributed by atoms with Gasteiger partial charge < -0.3 is 9.63 Å². The molecule has 1 heterocycles. The third-order valence-corrected chi connectivity index (χ3v) is 7.87. The fourth-order valence-electron chi connectivity index (χ4n) is 2.99. The first-order valence-corrected chi connectivity index (χ1v) is 13.1. The van der Waals surface area contributed by atoms with E-state index in [1.54, 1.807) is 6.92 Å². The Labute approximate surface area is 197 Å². The number of ether oxygens (including phenoxy) is 1. The number of morpholine rings is 1. The van der Waals surface area contributed by atoms with Crippen LogP contribution in [0, 0.1) is 0 Å². The summed E-state index contributed by atoms with van der Waals surface area (Å²) >= 11 is 11.5. The van der Waals surface area contributed by atoms with Crippen molar-refractivity contribution in [3.8, 4) is 0 Å². The smallest absolute Gasteiger partial charge is 0.376 e. The van der Waals surface area contributed by atoms with E-state index >= 15 is 0 Å². The van der Waals surface area contributed by atoms with Gasteiger partial charge >= 0.3 is 13.8 Å². The standard InChI is InChI=1S/C18H18Cl2F3N2O6PS/c1-11-10-25(6-7-30-11)31-32(26,27)17-5-2-12(19)8-16(17)24-33(28,29)13-3-4-15(20)14(9-13)18(21,22)23/h2-5,8-9,11,24H,6-7,10H2,1H3,(H,26,27). The van der Waals surface area contributed by atoms with Crippen LogP contribution < -0.4 is 10.0 Å². The monoisotopic (exact) mass is 548 g/mol. The van der Waals surface area contributed by atoms with Crippen molar-refractivity contribution in [2.24, 2.45) is 0 Å². The summed E-state index contributed by atoms with van der Waals surface area (Å²) in [5.74, 6) is 0. The number of hydrogen-bond acceptors (Lipinski definition) is 6. The Kier molecular flexibility index (Phi) is 7.72. The van der Waals surface area contributed by atoms with Crippen LogP contribution in [0.15, 0.2) is 41.3 Å². The Balaban J connectivity index is 1.96. The first-order chi connectivity index (χ1) is 15.2. The molecule has 8 nitrogen and oxygen atoms in total. The number of benzene rings is 2. The fourth-order valence-corrected chi connectivity index (χ4v) is 5.80. The maximum absolute atomic E-state index is 13.2. The quantitative estimate of drug-likeness (QED) is 0.519. The number of sulfonamides is 1. The van der Waals surface area contributed by atoms with Crippen LogP contribution in [-0.4, -0.2) is 44.2 Å². The molecular formula is C18H18Cl2F3N2O6PS. The number of rotatable bonds is 6. The van der Waals surface area contributed by atoms with Crippen LogP contribution in [0.1, 0.15) is 12.5 Å². The van der Waals surface area contributed by atoms with Crippen LogP contribution in [0.3, 0.4) is 0 Å². The largest absolute Gasteiger partial charge is 0.417 e. The average Bonchev–Trinajstić information content (AvgIpc) is 2.66. The van der Waals surface area contributed by atoms with Gasteiger partial charge in [0.2, 0.25) is 0 Å².